The molecule has 0 bridgehead atoms. The molecule has 0 saturated heterocycles. The summed E-state index contributed by atoms with van der Waals surface area (Å²) in [7, 11) is 2.05. The molecular formula is C23H19N3S. The number of thioether (sulfide) groups is 1. The lowest BCUT2D eigenvalue weighted by Crippen LogP contribution is -1.99. The van der Waals surface area contributed by atoms with Crippen molar-refractivity contribution in [3.63, 3.8) is 0 Å². The van der Waals surface area contributed by atoms with Gasteiger partial charge in [-0.2, -0.15) is 0 Å². The van der Waals surface area contributed by atoms with Crippen molar-refractivity contribution < 1.29 is 0 Å². The Balaban J connectivity index is 1.56. The normalized spacial score (nSPS) is 12.8. The van der Waals surface area contributed by atoms with Crippen molar-refractivity contribution in [2.24, 2.45) is 7.05 Å². The van der Waals surface area contributed by atoms with Gasteiger partial charge in [-0.25, -0.2) is 0 Å². The Morgan fingerprint density at radius 2 is 1.30 bits per heavy atom. The van der Waals surface area contributed by atoms with Crippen molar-refractivity contribution >= 4 is 11.8 Å². The van der Waals surface area contributed by atoms with Crippen LogP contribution in [0.1, 0.15) is 21.9 Å². The number of benzene rings is 3. The van der Waals surface area contributed by atoms with E-state index >= 15 is 0 Å². The summed E-state index contributed by atoms with van der Waals surface area (Å²) < 4.78 is 2.11. The van der Waals surface area contributed by atoms with Crippen LogP contribution < -0.4 is 0 Å². The minimum absolute atomic E-state index is 0.241. The fourth-order valence-corrected chi connectivity index (χ4v) is 5.03. The first-order valence-corrected chi connectivity index (χ1v) is 9.92. The van der Waals surface area contributed by atoms with Gasteiger partial charge in [0.2, 0.25) is 0 Å². The minimum atomic E-state index is 0.241. The molecule has 0 aliphatic heterocycles. The number of hydrogen-bond acceptors (Lipinski definition) is 3. The summed E-state index contributed by atoms with van der Waals surface area (Å²) in [6.07, 6.45) is 0. The summed E-state index contributed by atoms with van der Waals surface area (Å²) in [6.45, 7) is 2.11. The second-order valence-electron chi connectivity index (χ2n) is 6.85. The Kier molecular flexibility index (Phi) is 3.87. The highest BCUT2D eigenvalue weighted by molar-refractivity contribution is 7.99. The van der Waals surface area contributed by atoms with Crippen molar-refractivity contribution in [1.82, 2.24) is 14.8 Å². The molecule has 4 heteroatoms. The standard InChI is InChI=1S/C23H19N3S/c1-15-9-3-4-10-16(15)22-24-25-23(26(22)2)27-21-19-13-7-5-11-17(19)18-12-6-8-14-20(18)21/h3-14,21H,1-2H3. The smallest absolute Gasteiger partial charge is 0.192 e. The van der Waals surface area contributed by atoms with Crippen LogP contribution in [0.2, 0.25) is 0 Å². The molecule has 1 aliphatic rings. The maximum absolute atomic E-state index is 4.52. The van der Waals surface area contributed by atoms with E-state index in [1.54, 1.807) is 11.8 Å². The molecule has 1 heterocycles. The lowest BCUT2D eigenvalue weighted by molar-refractivity contribution is 0.791. The van der Waals surface area contributed by atoms with E-state index in [2.05, 4.69) is 95.5 Å². The van der Waals surface area contributed by atoms with Crippen LogP contribution in [-0.4, -0.2) is 14.8 Å². The van der Waals surface area contributed by atoms with Crippen molar-refractivity contribution in [2.75, 3.05) is 0 Å². The molecule has 3 aromatic carbocycles. The summed E-state index contributed by atoms with van der Waals surface area (Å²) >= 11 is 1.77. The number of nitrogens with zero attached hydrogens (tertiary/aromatic N) is 3. The number of aromatic nitrogens is 3. The Bertz CT molecular complexity index is 1100. The molecule has 1 aliphatic carbocycles. The fraction of sp³-hybridized carbons (Fsp3) is 0.130. The van der Waals surface area contributed by atoms with Gasteiger partial charge in [0.1, 0.15) is 0 Å². The van der Waals surface area contributed by atoms with E-state index in [-0.39, 0.29) is 5.25 Å². The van der Waals surface area contributed by atoms with Gasteiger partial charge in [0.15, 0.2) is 11.0 Å². The maximum atomic E-state index is 4.52. The third-order valence-corrected chi connectivity index (χ3v) is 6.53. The number of fused-ring (bicyclic) bond motifs is 3. The zero-order chi connectivity index (χ0) is 18.4. The van der Waals surface area contributed by atoms with E-state index in [0.29, 0.717) is 0 Å². The molecule has 5 rings (SSSR count). The van der Waals surface area contributed by atoms with E-state index in [1.807, 2.05) is 6.07 Å². The molecule has 132 valence electrons. The Morgan fingerprint density at radius 3 is 1.93 bits per heavy atom. The first-order valence-electron chi connectivity index (χ1n) is 9.04. The van der Waals surface area contributed by atoms with E-state index in [9.17, 15) is 0 Å². The first-order chi connectivity index (χ1) is 13.2. The van der Waals surface area contributed by atoms with Crippen LogP contribution in [0.3, 0.4) is 0 Å². The van der Waals surface area contributed by atoms with Gasteiger partial charge >= 0.3 is 0 Å². The highest BCUT2D eigenvalue weighted by Gasteiger charge is 2.30. The molecule has 0 N–H and O–H groups in total. The van der Waals surface area contributed by atoms with Gasteiger partial charge in [0, 0.05) is 12.6 Å². The van der Waals surface area contributed by atoms with Crippen molar-refractivity contribution in [3.8, 4) is 22.5 Å². The molecule has 0 fully saturated rings. The van der Waals surface area contributed by atoms with Gasteiger partial charge in [-0.15, -0.1) is 10.2 Å². The van der Waals surface area contributed by atoms with Crippen molar-refractivity contribution in [3.05, 3.63) is 89.5 Å². The van der Waals surface area contributed by atoms with Crippen molar-refractivity contribution in [1.29, 1.82) is 0 Å². The van der Waals surface area contributed by atoms with E-state index in [1.165, 1.54) is 27.8 Å². The molecule has 27 heavy (non-hydrogen) atoms. The molecule has 1 aromatic heterocycles. The summed E-state index contributed by atoms with van der Waals surface area (Å²) in [5.74, 6) is 0.912. The van der Waals surface area contributed by atoms with Gasteiger partial charge in [-0.3, -0.25) is 0 Å². The van der Waals surface area contributed by atoms with Crippen LogP contribution in [0, 0.1) is 6.92 Å². The molecule has 0 amide bonds. The Morgan fingerprint density at radius 1 is 0.741 bits per heavy atom. The molecule has 0 unspecified atom stereocenters. The van der Waals surface area contributed by atoms with Gasteiger partial charge in [-0.05, 0) is 34.7 Å². The molecule has 0 atom stereocenters. The third kappa shape index (κ3) is 2.60. The molecule has 0 saturated carbocycles. The predicted molar refractivity (Wildman–Crippen MR) is 111 cm³/mol. The van der Waals surface area contributed by atoms with Gasteiger partial charge in [0.05, 0.1) is 5.25 Å². The Hall–Kier alpha value is -2.85. The van der Waals surface area contributed by atoms with Crippen LogP contribution in [0.15, 0.2) is 78.0 Å². The quantitative estimate of drug-likeness (QED) is 0.467. The number of aryl methyl sites for hydroxylation is 1. The van der Waals surface area contributed by atoms with Crippen LogP contribution >= 0.6 is 11.8 Å². The Labute approximate surface area is 163 Å². The topological polar surface area (TPSA) is 30.7 Å². The van der Waals surface area contributed by atoms with Crippen LogP contribution in [0.5, 0.6) is 0 Å². The third-order valence-electron chi connectivity index (χ3n) is 5.22. The lowest BCUT2D eigenvalue weighted by atomic mass is 10.1. The van der Waals surface area contributed by atoms with Gasteiger partial charge in [-0.1, -0.05) is 84.6 Å². The van der Waals surface area contributed by atoms with Crippen LogP contribution in [-0.2, 0) is 7.05 Å². The van der Waals surface area contributed by atoms with Gasteiger partial charge in [0.25, 0.3) is 0 Å². The average Bonchev–Trinajstić information content (AvgIpc) is 3.22. The fourth-order valence-electron chi connectivity index (χ4n) is 3.82. The largest absolute Gasteiger partial charge is 0.305 e. The van der Waals surface area contributed by atoms with Crippen LogP contribution in [0.4, 0.5) is 0 Å². The monoisotopic (exact) mass is 369 g/mol. The highest BCUT2D eigenvalue weighted by atomic mass is 32.2. The predicted octanol–water partition coefficient (Wildman–Crippen LogP) is 5.65. The molecule has 3 nitrogen and oxygen atoms in total. The van der Waals surface area contributed by atoms with Gasteiger partial charge < -0.3 is 4.57 Å². The number of hydrogen-bond donors (Lipinski definition) is 0. The zero-order valence-electron chi connectivity index (χ0n) is 15.3. The molecule has 0 radical (unpaired) electrons. The SMILES string of the molecule is Cc1ccccc1-c1nnc(SC2c3ccccc3-c3ccccc32)n1C. The molecule has 4 aromatic rings. The summed E-state index contributed by atoms with van der Waals surface area (Å²) in [5.41, 5.74) is 7.69. The maximum Gasteiger partial charge on any atom is 0.192 e. The number of rotatable bonds is 3. The highest BCUT2D eigenvalue weighted by Crippen LogP contribution is 2.51. The van der Waals surface area contributed by atoms with E-state index in [4.69, 9.17) is 0 Å². The average molecular weight is 369 g/mol. The van der Waals surface area contributed by atoms with Crippen molar-refractivity contribution in [2.45, 2.75) is 17.3 Å². The second-order valence-corrected chi connectivity index (χ2v) is 7.92. The lowest BCUT2D eigenvalue weighted by Gasteiger charge is -2.13. The summed E-state index contributed by atoms with van der Waals surface area (Å²) in [5, 5.41) is 10.2. The van der Waals surface area contributed by atoms with Crippen LogP contribution in [0.25, 0.3) is 22.5 Å². The second kappa shape index (κ2) is 6.39. The zero-order valence-corrected chi connectivity index (χ0v) is 16.1. The first kappa shape index (κ1) is 16.3. The molecule has 0 spiro atoms. The molecular weight excluding hydrogens is 350 g/mol. The summed E-state index contributed by atoms with van der Waals surface area (Å²) in [6, 6.07) is 25.7. The van der Waals surface area contributed by atoms with E-state index in [0.717, 1.165) is 16.5 Å². The minimum Gasteiger partial charge on any atom is -0.305 e. The summed E-state index contributed by atoms with van der Waals surface area (Å²) in [4.78, 5) is 0. The van der Waals surface area contributed by atoms with E-state index < -0.39 is 0 Å².